The van der Waals surface area contributed by atoms with Crippen molar-refractivity contribution >= 4 is 5.97 Å². The molecular weight excluding hydrogens is 336 g/mol. The number of hydrogen-bond donors (Lipinski definition) is 1. The molecule has 3 nitrogen and oxygen atoms in total. The van der Waals surface area contributed by atoms with Crippen molar-refractivity contribution < 1.29 is 14.6 Å². The number of aryl methyl sites for hydroxylation is 1. The Hall–Kier alpha value is -1.51. The standard InChI is InChI=1S/C24H40O3/c1-2-27-24(26)17-15-13-11-9-7-5-3-4-6-8-10-12-14-16-22-18-20-23(25)21-19-22/h18-21,25H,2-17H2,1H3. The molecule has 27 heavy (non-hydrogen) atoms. The van der Waals surface area contributed by atoms with Crippen molar-refractivity contribution in [1.29, 1.82) is 0 Å². The van der Waals surface area contributed by atoms with E-state index < -0.39 is 0 Å². The summed E-state index contributed by atoms with van der Waals surface area (Å²) in [5.41, 5.74) is 1.33. The summed E-state index contributed by atoms with van der Waals surface area (Å²) >= 11 is 0. The second-order valence-corrected chi connectivity index (χ2v) is 7.57. The molecule has 1 aromatic carbocycles. The number of phenolic OH excluding ortho intramolecular Hbond substituents is 1. The molecule has 0 unspecified atom stereocenters. The van der Waals surface area contributed by atoms with Crippen LogP contribution in [0.25, 0.3) is 0 Å². The molecule has 0 bridgehead atoms. The predicted octanol–water partition coefficient (Wildman–Crippen LogP) is 6.96. The van der Waals surface area contributed by atoms with Crippen LogP contribution in [0, 0.1) is 0 Å². The van der Waals surface area contributed by atoms with Gasteiger partial charge in [0.15, 0.2) is 0 Å². The van der Waals surface area contributed by atoms with E-state index in [9.17, 15) is 9.90 Å². The molecular formula is C24H40O3. The summed E-state index contributed by atoms with van der Waals surface area (Å²) in [6, 6.07) is 7.60. The van der Waals surface area contributed by atoms with E-state index in [1.165, 1.54) is 76.2 Å². The molecule has 0 saturated carbocycles. The van der Waals surface area contributed by atoms with Crippen LogP contribution in [0.3, 0.4) is 0 Å². The van der Waals surface area contributed by atoms with Crippen molar-refractivity contribution in [3.63, 3.8) is 0 Å². The monoisotopic (exact) mass is 376 g/mol. The molecule has 0 spiro atoms. The zero-order valence-corrected chi connectivity index (χ0v) is 17.4. The van der Waals surface area contributed by atoms with Crippen molar-refractivity contribution in [1.82, 2.24) is 0 Å². The molecule has 1 aromatic rings. The molecule has 0 aliphatic heterocycles. The number of rotatable bonds is 17. The van der Waals surface area contributed by atoms with Crippen LogP contribution >= 0.6 is 0 Å². The Labute approximate surface area is 166 Å². The Morgan fingerprint density at radius 2 is 1.19 bits per heavy atom. The van der Waals surface area contributed by atoms with E-state index in [4.69, 9.17) is 4.74 Å². The highest BCUT2D eigenvalue weighted by Crippen LogP contribution is 2.15. The molecule has 0 heterocycles. The van der Waals surface area contributed by atoms with Gasteiger partial charge < -0.3 is 9.84 Å². The van der Waals surface area contributed by atoms with Gasteiger partial charge in [0, 0.05) is 6.42 Å². The average molecular weight is 377 g/mol. The van der Waals surface area contributed by atoms with Gasteiger partial charge in [-0.05, 0) is 43.9 Å². The molecule has 0 radical (unpaired) electrons. The quantitative estimate of drug-likeness (QED) is 0.236. The molecule has 154 valence electrons. The van der Waals surface area contributed by atoms with Crippen LogP contribution in [0.4, 0.5) is 0 Å². The average Bonchev–Trinajstić information content (AvgIpc) is 2.66. The number of carbonyl (C=O) groups is 1. The van der Waals surface area contributed by atoms with Gasteiger partial charge in [-0.1, -0.05) is 82.8 Å². The highest BCUT2D eigenvalue weighted by atomic mass is 16.5. The number of ether oxygens (including phenoxy) is 1. The Morgan fingerprint density at radius 3 is 1.67 bits per heavy atom. The van der Waals surface area contributed by atoms with Gasteiger partial charge in [0.25, 0.3) is 0 Å². The summed E-state index contributed by atoms with van der Waals surface area (Å²) in [7, 11) is 0. The number of phenols is 1. The summed E-state index contributed by atoms with van der Waals surface area (Å²) in [6.45, 7) is 2.36. The molecule has 0 aromatic heterocycles. The fraction of sp³-hybridized carbons (Fsp3) is 0.708. The van der Waals surface area contributed by atoms with Crippen LogP contribution in [-0.2, 0) is 16.0 Å². The predicted molar refractivity (Wildman–Crippen MR) is 113 cm³/mol. The van der Waals surface area contributed by atoms with Gasteiger partial charge in [-0.25, -0.2) is 0 Å². The van der Waals surface area contributed by atoms with E-state index in [0.717, 1.165) is 19.3 Å². The lowest BCUT2D eigenvalue weighted by molar-refractivity contribution is -0.143. The van der Waals surface area contributed by atoms with Crippen LogP contribution < -0.4 is 0 Å². The number of esters is 1. The van der Waals surface area contributed by atoms with Crippen molar-refractivity contribution in [2.75, 3.05) is 6.61 Å². The lowest BCUT2D eigenvalue weighted by Crippen LogP contribution is -2.03. The SMILES string of the molecule is CCOC(=O)CCCCCCCCCCCCCCCc1ccc(O)cc1. The molecule has 3 heteroatoms. The van der Waals surface area contributed by atoms with Crippen molar-refractivity contribution in [2.45, 2.75) is 103 Å². The van der Waals surface area contributed by atoms with E-state index in [1.54, 1.807) is 12.1 Å². The molecule has 0 atom stereocenters. The van der Waals surface area contributed by atoms with Crippen LogP contribution in [0.1, 0.15) is 102 Å². The van der Waals surface area contributed by atoms with Crippen LogP contribution in [0.15, 0.2) is 24.3 Å². The first-order valence-corrected chi connectivity index (χ1v) is 11.2. The minimum absolute atomic E-state index is 0.0437. The van der Waals surface area contributed by atoms with Crippen molar-refractivity contribution in [2.24, 2.45) is 0 Å². The maximum absolute atomic E-state index is 11.2. The van der Waals surface area contributed by atoms with Gasteiger partial charge in [-0.2, -0.15) is 0 Å². The van der Waals surface area contributed by atoms with Gasteiger partial charge in [0.1, 0.15) is 5.75 Å². The van der Waals surface area contributed by atoms with Gasteiger partial charge in [0.2, 0.25) is 0 Å². The lowest BCUT2D eigenvalue weighted by Gasteiger charge is -2.04. The van der Waals surface area contributed by atoms with Crippen LogP contribution in [0.2, 0.25) is 0 Å². The van der Waals surface area contributed by atoms with Crippen LogP contribution in [-0.4, -0.2) is 17.7 Å². The maximum atomic E-state index is 11.2. The van der Waals surface area contributed by atoms with E-state index in [0.29, 0.717) is 18.8 Å². The summed E-state index contributed by atoms with van der Waals surface area (Å²) in [6.07, 6.45) is 18.5. The van der Waals surface area contributed by atoms with Gasteiger partial charge >= 0.3 is 5.97 Å². The Bertz CT molecular complexity index is 467. The number of carbonyl (C=O) groups excluding carboxylic acids is 1. The smallest absolute Gasteiger partial charge is 0.305 e. The largest absolute Gasteiger partial charge is 0.508 e. The van der Waals surface area contributed by atoms with Gasteiger partial charge in [-0.3, -0.25) is 4.79 Å². The number of aromatic hydroxyl groups is 1. The normalized spacial score (nSPS) is 10.9. The lowest BCUT2D eigenvalue weighted by atomic mass is 10.0. The zero-order chi connectivity index (χ0) is 19.6. The molecule has 0 aliphatic carbocycles. The second-order valence-electron chi connectivity index (χ2n) is 7.57. The zero-order valence-electron chi connectivity index (χ0n) is 17.4. The fourth-order valence-corrected chi connectivity index (χ4v) is 3.44. The van der Waals surface area contributed by atoms with Gasteiger partial charge in [-0.15, -0.1) is 0 Å². The first kappa shape index (κ1) is 23.5. The third-order valence-corrected chi connectivity index (χ3v) is 5.09. The summed E-state index contributed by atoms with van der Waals surface area (Å²) in [5, 5.41) is 9.27. The van der Waals surface area contributed by atoms with E-state index in [1.807, 2.05) is 19.1 Å². The van der Waals surface area contributed by atoms with E-state index in [2.05, 4.69) is 0 Å². The Morgan fingerprint density at radius 1 is 0.741 bits per heavy atom. The Balaban J connectivity index is 1.75. The second kappa shape index (κ2) is 16.6. The summed E-state index contributed by atoms with van der Waals surface area (Å²) in [4.78, 5) is 11.2. The Kier molecular flexibility index (Phi) is 14.5. The van der Waals surface area contributed by atoms with Crippen molar-refractivity contribution in [3.8, 4) is 5.75 Å². The first-order valence-electron chi connectivity index (χ1n) is 11.2. The molecule has 1 N–H and O–H groups in total. The molecule has 0 fully saturated rings. The summed E-state index contributed by atoms with van der Waals surface area (Å²) in [5.74, 6) is 0.311. The van der Waals surface area contributed by atoms with E-state index >= 15 is 0 Å². The molecule has 0 amide bonds. The third-order valence-electron chi connectivity index (χ3n) is 5.09. The number of benzene rings is 1. The number of unbranched alkanes of at least 4 members (excludes halogenated alkanes) is 12. The highest BCUT2D eigenvalue weighted by Gasteiger charge is 2.00. The first-order chi connectivity index (χ1) is 13.2. The van der Waals surface area contributed by atoms with E-state index in [-0.39, 0.29) is 5.97 Å². The highest BCUT2D eigenvalue weighted by molar-refractivity contribution is 5.69. The molecule has 0 aliphatic rings. The molecule has 1 rings (SSSR count). The van der Waals surface area contributed by atoms with Crippen molar-refractivity contribution in [3.05, 3.63) is 29.8 Å². The maximum Gasteiger partial charge on any atom is 0.305 e. The number of hydrogen-bond acceptors (Lipinski definition) is 3. The van der Waals surface area contributed by atoms with Gasteiger partial charge in [0.05, 0.1) is 6.61 Å². The molecule has 0 saturated heterocycles. The fourth-order valence-electron chi connectivity index (χ4n) is 3.44. The van der Waals surface area contributed by atoms with Crippen LogP contribution in [0.5, 0.6) is 5.75 Å². The minimum Gasteiger partial charge on any atom is -0.508 e. The minimum atomic E-state index is -0.0437. The topological polar surface area (TPSA) is 46.5 Å². The summed E-state index contributed by atoms with van der Waals surface area (Å²) < 4.78 is 4.93. The third kappa shape index (κ3) is 14.2.